The molecule has 92 valence electrons. The van der Waals surface area contributed by atoms with Gasteiger partial charge in [0, 0.05) is 26.1 Å². The molecule has 16 heavy (non-hydrogen) atoms. The predicted molar refractivity (Wildman–Crippen MR) is 62.0 cm³/mol. The van der Waals surface area contributed by atoms with Crippen LogP contribution in [0.3, 0.4) is 0 Å². The van der Waals surface area contributed by atoms with E-state index in [2.05, 4.69) is 10.2 Å². The molecule has 1 heterocycles. The molecule has 1 saturated carbocycles. The third kappa shape index (κ3) is 2.38. The second-order valence-electron chi connectivity index (χ2n) is 5.20. The van der Waals surface area contributed by atoms with Crippen molar-refractivity contribution < 1.29 is 9.90 Å². The standard InChI is InChI=1S/C12H22N2O2/c1-13-11(15)9-14-7-6-12(16)5-3-2-4-10(12)8-14/h10,16H,2-9H2,1H3,(H,13,15). The predicted octanol–water partition coefficient (Wildman–Crippen LogP) is 0.359. The fraction of sp³-hybridized carbons (Fsp3) is 0.917. The Bertz CT molecular complexity index is 270. The van der Waals surface area contributed by atoms with Crippen molar-refractivity contribution in [2.24, 2.45) is 5.92 Å². The van der Waals surface area contributed by atoms with Crippen molar-refractivity contribution in [1.82, 2.24) is 10.2 Å². The lowest BCUT2D eigenvalue weighted by molar-refractivity contribution is -0.127. The zero-order valence-electron chi connectivity index (χ0n) is 10.0. The number of rotatable bonds is 2. The molecule has 2 atom stereocenters. The highest BCUT2D eigenvalue weighted by Gasteiger charge is 2.42. The highest BCUT2D eigenvalue weighted by molar-refractivity contribution is 5.77. The molecule has 2 fully saturated rings. The Morgan fingerprint density at radius 3 is 3.06 bits per heavy atom. The highest BCUT2D eigenvalue weighted by Crippen LogP contribution is 2.39. The van der Waals surface area contributed by atoms with E-state index >= 15 is 0 Å². The number of carbonyl (C=O) groups excluding carboxylic acids is 1. The lowest BCUT2D eigenvalue weighted by atomic mass is 9.71. The minimum Gasteiger partial charge on any atom is -0.390 e. The van der Waals surface area contributed by atoms with E-state index < -0.39 is 5.60 Å². The van der Waals surface area contributed by atoms with Gasteiger partial charge >= 0.3 is 0 Å². The van der Waals surface area contributed by atoms with Gasteiger partial charge in [0.1, 0.15) is 0 Å². The summed E-state index contributed by atoms with van der Waals surface area (Å²) in [6.45, 7) is 2.20. The maximum atomic E-state index is 11.3. The molecule has 1 saturated heterocycles. The van der Waals surface area contributed by atoms with Crippen LogP contribution in [0.25, 0.3) is 0 Å². The topological polar surface area (TPSA) is 52.6 Å². The van der Waals surface area contributed by atoms with Gasteiger partial charge in [-0.1, -0.05) is 12.8 Å². The summed E-state index contributed by atoms with van der Waals surface area (Å²) in [5.41, 5.74) is -0.433. The Hall–Kier alpha value is -0.610. The molecule has 2 aliphatic rings. The van der Waals surface area contributed by atoms with Crippen LogP contribution >= 0.6 is 0 Å². The van der Waals surface area contributed by atoms with Crippen molar-refractivity contribution in [2.45, 2.75) is 37.7 Å². The first-order valence-electron chi connectivity index (χ1n) is 6.29. The zero-order valence-corrected chi connectivity index (χ0v) is 10.0. The number of fused-ring (bicyclic) bond motifs is 1. The average Bonchev–Trinajstić information content (AvgIpc) is 2.29. The molecular formula is C12H22N2O2. The van der Waals surface area contributed by atoms with E-state index in [1.54, 1.807) is 7.05 Å². The summed E-state index contributed by atoms with van der Waals surface area (Å²) in [6.07, 6.45) is 5.27. The van der Waals surface area contributed by atoms with Gasteiger partial charge in [-0.15, -0.1) is 0 Å². The van der Waals surface area contributed by atoms with E-state index in [4.69, 9.17) is 0 Å². The fourth-order valence-electron chi connectivity index (χ4n) is 3.07. The van der Waals surface area contributed by atoms with Crippen LogP contribution in [0.1, 0.15) is 32.1 Å². The summed E-state index contributed by atoms with van der Waals surface area (Å²) in [5, 5.41) is 13.1. The van der Waals surface area contributed by atoms with Crippen molar-refractivity contribution in [3.63, 3.8) is 0 Å². The van der Waals surface area contributed by atoms with Crippen molar-refractivity contribution >= 4 is 5.91 Å². The summed E-state index contributed by atoms with van der Waals surface area (Å²) >= 11 is 0. The van der Waals surface area contributed by atoms with E-state index in [0.29, 0.717) is 12.5 Å². The molecular weight excluding hydrogens is 204 g/mol. The number of amides is 1. The molecule has 2 N–H and O–H groups in total. The van der Waals surface area contributed by atoms with Gasteiger partial charge in [0.15, 0.2) is 0 Å². The molecule has 0 aromatic heterocycles. The fourth-order valence-corrected chi connectivity index (χ4v) is 3.07. The first-order chi connectivity index (χ1) is 7.64. The van der Waals surface area contributed by atoms with Gasteiger partial charge in [-0.3, -0.25) is 9.69 Å². The number of aliphatic hydroxyl groups is 1. The van der Waals surface area contributed by atoms with Crippen LogP contribution in [-0.2, 0) is 4.79 Å². The molecule has 0 aromatic carbocycles. The third-order valence-electron chi connectivity index (χ3n) is 4.16. The van der Waals surface area contributed by atoms with Crippen molar-refractivity contribution in [1.29, 1.82) is 0 Å². The van der Waals surface area contributed by atoms with Gasteiger partial charge in [-0.25, -0.2) is 0 Å². The number of hydrogen-bond donors (Lipinski definition) is 2. The smallest absolute Gasteiger partial charge is 0.233 e. The van der Waals surface area contributed by atoms with Crippen LogP contribution in [0.15, 0.2) is 0 Å². The van der Waals surface area contributed by atoms with Crippen molar-refractivity contribution in [3.05, 3.63) is 0 Å². The third-order valence-corrected chi connectivity index (χ3v) is 4.16. The molecule has 2 rings (SSSR count). The molecule has 0 spiro atoms. The van der Waals surface area contributed by atoms with Crippen molar-refractivity contribution in [2.75, 3.05) is 26.7 Å². The van der Waals surface area contributed by atoms with Gasteiger partial charge in [-0.05, 0) is 19.3 Å². The first-order valence-corrected chi connectivity index (χ1v) is 6.29. The van der Waals surface area contributed by atoms with Crippen LogP contribution in [0.2, 0.25) is 0 Å². The van der Waals surface area contributed by atoms with E-state index in [1.807, 2.05) is 0 Å². The van der Waals surface area contributed by atoms with E-state index in [9.17, 15) is 9.90 Å². The van der Waals surface area contributed by atoms with Gasteiger partial charge in [0.25, 0.3) is 0 Å². The largest absolute Gasteiger partial charge is 0.390 e. The minimum absolute atomic E-state index is 0.0706. The normalized spacial score (nSPS) is 35.5. The number of nitrogens with zero attached hydrogens (tertiary/aromatic N) is 1. The van der Waals surface area contributed by atoms with Gasteiger partial charge in [-0.2, -0.15) is 0 Å². The molecule has 1 amide bonds. The molecule has 2 unspecified atom stereocenters. The SMILES string of the molecule is CNC(=O)CN1CCC2(O)CCCCC2C1. The van der Waals surface area contributed by atoms with Gasteiger partial charge < -0.3 is 10.4 Å². The Morgan fingerprint density at radius 2 is 2.31 bits per heavy atom. The second-order valence-corrected chi connectivity index (χ2v) is 5.20. The number of likely N-dealkylation sites (N-methyl/N-ethyl adjacent to an activating group) is 1. The van der Waals surface area contributed by atoms with Crippen LogP contribution in [-0.4, -0.2) is 48.2 Å². The quantitative estimate of drug-likeness (QED) is 0.715. The first kappa shape index (κ1) is 11.9. The monoisotopic (exact) mass is 226 g/mol. The van der Waals surface area contributed by atoms with E-state index in [-0.39, 0.29) is 5.91 Å². The van der Waals surface area contributed by atoms with E-state index in [1.165, 1.54) is 6.42 Å². The van der Waals surface area contributed by atoms with E-state index in [0.717, 1.165) is 38.8 Å². The molecule has 4 nitrogen and oxygen atoms in total. The number of likely N-dealkylation sites (tertiary alicyclic amines) is 1. The van der Waals surface area contributed by atoms with Crippen LogP contribution in [0.5, 0.6) is 0 Å². The summed E-state index contributed by atoms with van der Waals surface area (Å²) in [5.74, 6) is 0.445. The van der Waals surface area contributed by atoms with Gasteiger partial charge in [0.2, 0.25) is 5.91 Å². The number of nitrogens with one attached hydrogen (secondary N) is 1. The zero-order chi connectivity index (χ0) is 11.6. The minimum atomic E-state index is -0.433. The van der Waals surface area contributed by atoms with Gasteiger partial charge in [0.05, 0.1) is 12.1 Å². The summed E-state index contributed by atoms with van der Waals surface area (Å²) in [6, 6.07) is 0. The Kier molecular flexibility index (Phi) is 3.50. The lowest BCUT2D eigenvalue weighted by Crippen LogP contribution is -2.54. The lowest BCUT2D eigenvalue weighted by Gasteiger charge is -2.47. The molecule has 1 aliphatic carbocycles. The summed E-state index contributed by atoms with van der Waals surface area (Å²) in [7, 11) is 1.67. The summed E-state index contributed by atoms with van der Waals surface area (Å²) in [4.78, 5) is 13.5. The Morgan fingerprint density at radius 1 is 1.50 bits per heavy atom. The number of piperidine rings is 1. The molecule has 4 heteroatoms. The highest BCUT2D eigenvalue weighted by atomic mass is 16.3. The Balaban J connectivity index is 1.91. The molecule has 0 radical (unpaired) electrons. The molecule has 1 aliphatic heterocycles. The van der Waals surface area contributed by atoms with Crippen LogP contribution < -0.4 is 5.32 Å². The van der Waals surface area contributed by atoms with Crippen molar-refractivity contribution in [3.8, 4) is 0 Å². The van der Waals surface area contributed by atoms with Crippen LogP contribution in [0, 0.1) is 5.92 Å². The summed E-state index contributed by atoms with van der Waals surface area (Å²) < 4.78 is 0. The Labute approximate surface area is 97.0 Å². The maximum Gasteiger partial charge on any atom is 0.233 e. The molecule has 0 aromatic rings. The molecule has 0 bridgehead atoms. The number of carbonyl (C=O) groups is 1. The average molecular weight is 226 g/mol. The number of hydrogen-bond acceptors (Lipinski definition) is 3. The second kappa shape index (κ2) is 4.72. The maximum absolute atomic E-state index is 11.3. The van der Waals surface area contributed by atoms with Crippen LogP contribution in [0.4, 0.5) is 0 Å².